The molecule has 0 aliphatic heterocycles. The number of alkyl halides is 1. The van der Waals surface area contributed by atoms with Gasteiger partial charge >= 0.3 is 6.09 Å². The summed E-state index contributed by atoms with van der Waals surface area (Å²) in [5.41, 5.74) is 10.0. The second-order valence-electron chi connectivity index (χ2n) is 10.6. The lowest BCUT2D eigenvalue weighted by Gasteiger charge is -2.41. The van der Waals surface area contributed by atoms with Crippen molar-refractivity contribution in [3.8, 4) is 22.4 Å². The van der Waals surface area contributed by atoms with Gasteiger partial charge in [-0.3, -0.25) is 4.79 Å². The molecule has 0 unspecified atom stereocenters. The molecule has 8 nitrogen and oxygen atoms in total. The van der Waals surface area contributed by atoms with Crippen LogP contribution < -0.4 is 11.1 Å². The van der Waals surface area contributed by atoms with Crippen molar-refractivity contribution in [3.63, 3.8) is 0 Å². The molecule has 2 aliphatic carbocycles. The molecule has 2 fully saturated rings. The summed E-state index contributed by atoms with van der Waals surface area (Å²) in [6.07, 6.45) is 2.42. The Morgan fingerprint density at radius 2 is 1.84 bits per heavy atom. The van der Waals surface area contributed by atoms with E-state index in [0.717, 1.165) is 47.9 Å². The summed E-state index contributed by atoms with van der Waals surface area (Å²) in [5, 5.41) is 24.9. The van der Waals surface area contributed by atoms with Gasteiger partial charge in [0.2, 0.25) is 5.91 Å². The van der Waals surface area contributed by atoms with Crippen LogP contribution in [0.3, 0.4) is 0 Å². The number of thiophene rings is 1. The third kappa shape index (κ3) is 5.56. The Balaban J connectivity index is 1.28. The van der Waals surface area contributed by atoms with Crippen LogP contribution in [0.25, 0.3) is 22.4 Å². The molecule has 5 rings (SSSR count). The fraction of sp³-hybridized carbons (Fsp3) is 0.429. The number of nitrogens with zero attached hydrogens (tertiary/aromatic N) is 3. The predicted molar refractivity (Wildman–Crippen MR) is 146 cm³/mol. The Bertz CT molecular complexity index is 1290. The van der Waals surface area contributed by atoms with Crippen molar-refractivity contribution in [1.82, 2.24) is 15.1 Å². The molecule has 1 aromatic carbocycles. The lowest BCUT2D eigenvalue weighted by molar-refractivity contribution is -0.117. The van der Waals surface area contributed by atoms with E-state index in [-0.39, 0.29) is 17.9 Å². The maximum atomic E-state index is 13.4. The van der Waals surface area contributed by atoms with Crippen LogP contribution in [-0.4, -0.2) is 51.5 Å². The predicted octanol–water partition coefficient (Wildman–Crippen LogP) is 5.66. The fourth-order valence-corrected chi connectivity index (χ4v) is 6.23. The fourth-order valence-electron chi connectivity index (χ4n) is 5.58. The Labute approximate surface area is 225 Å². The minimum atomic E-state index is -0.915. The normalized spacial score (nSPS) is 24.9. The Hall–Kier alpha value is -3.37. The topological polar surface area (TPSA) is 121 Å². The van der Waals surface area contributed by atoms with Crippen LogP contribution in [0.5, 0.6) is 0 Å². The highest BCUT2D eigenvalue weighted by atomic mass is 32.1. The maximum Gasteiger partial charge on any atom is 0.407 e. The van der Waals surface area contributed by atoms with Crippen molar-refractivity contribution in [3.05, 3.63) is 52.7 Å². The van der Waals surface area contributed by atoms with Crippen LogP contribution in [0.15, 0.2) is 47.2 Å². The zero-order valence-electron chi connectivity index (χ0n) is 21.3. The SMILES string of the molecule is CN(C(=O)O)C1CCC(CC(=O)Nc2cc(-c3ccsc3)c(-c3ccc([C@]4(N)C[C@@H](F)C4)cc3)nn2)CC1. The van der Waals surface area contributed by atoms with Gasteiger partial charge in [0, 0.05) is 49.0 Å². The van der Waals surface area contributed by atoms with Crippen LogP contribution in [0.1, 0.15) is 50.5 Å². The van der Waals surface area contributed by atoms with E-state index < -0.39 is 17.8 Å². The van der Waals surface area contributed by atoms with Gasteiger partial charge in [-0.05, 0) is 65.6 Å². The summed E-state index contributed by atoms with van der Waals surface area (Å²) < 4.78 is 13.4. The first kappa shape index (κ1) is 26.2. The quantitative estimate of drug-likeness (QED) is 0.358. The number of hydrogen-bond donors (Lipinski definition) is 3. The molecular formula is C28H32FN5O3S. The van der Waals surface area contributed by atoms with Crippen molar-refractivity contribution in [2.75, 3.05) is 12.4 Å². The number of carbonyl (C=O) groups is 2. The number of carboxylic acid groups (broad SMARTS) is 1. The van der Waals surface area contributed by atoms with E-state index in [9.17, 15) is 19.1 Å². The van der Waals surface area contributed by atoms with Gasteiger partial charge < -0.3 is 21.1 Å². The molecule has 38 heavy (non-hydrogen) atoms. The molecule has 0 saturated heterocycles. The highest BCUT2D eigenvalue weighted by molar-refractivity contribution is 7.08. The largest absolute Gasteiger partial charge is 0.465 e. The molecule has 200 valence electrons. The standard InChI is InChI=1S/C28H32FN5O3S/c1-34(27(36)37)22-8-2-17(3-9-22)12-25(35)31-24-13-23(19-10-11-38-16-19)26(33-32-24)18-4-6-20(7-5-18)28(30)14-21(29)15-28/h4-7,10-11,13,16-17,21-22H,2-3,8-9,12,14-15,30H2,1H3,(H,36,37)(H,31,32,35)/t17?,21-,22?,28+. The number of halogens is 1. The Morgan fingerprint density at radius 3 is 2.45 bits per heavy atom. The lowest BCUT2D eigenvalue weighted by atomic mass is 9.71. The minimum absolute atomic E-state index is 0.0113. The molecule has 2 aromatic heterocycles. The van der Waals surface area contributed by atoms with Gasteiger partial charge in [0.25, 0.3) is 0 Å². The van der Waals surface area contributed by atoms with E-state index in [0.29, 0.717) is 30.8 Å². The number of anilines is 1. The van der Waals surface area contributed by atoms with E-state index in [4.69, 9.17) is 5.73 Å². The molecule has 0 spiro atoms. The summed E-state index contributed by atoms with van der Waals surface area (Å²) >= 11 is 1.57. The van der Waals surface area contributed by atoms with Gasteiger partial charge in [0.05, 0.1) is 0 Å². The van der Waals surface area contributed by atoms with Gasteiger partial charge in [0.1, 0.15) is 11.9 Å². The van der Waals surface area contributed by atoms with E-state index in [1.807, 2.05) is 47.2 Å². The second kappa shape index (κ2) is 10.8. The van der Waals surface area contributed by atoms with Gasteiger partial charge in [0.15, 0.2) is 5.82 Å². The van der Waals surface area contributed by atoms with Gasteiger partial charge in [-0.1, -0.05) is 24.3 Å². The highest BCUT2D eigenvalue weighted by Crippen LogP contribution is 2.42. The average molecular weight is 538 g/mol. The third-order valence-corrected chi connectivity index (χ3v) is 8.62. The molecule has 2 saturated carbocycles. The molecule has 0 atom stereocenters. The minimum Gasteiger partial charge on any atom is -0.465 e. The van der Waals surface area contributed by atoms with E-state index in [2.05, 4.69) is 15.5 Å². The number of nitrogens with two attached hydrogens (primary N) is 1. The molecule has 3 aromatic rings. The zero-order valence-corrected chi connectivity index (χ0v) is 22.1. The third-order valence-electron chi connectivity index (χ3n) is 7.94. The summed E-state index contributed by atoms with van der Waals surface area (Å²) in [5.74, 6) is 0.479. The van der Waals surface area contributed by atoms with E-state index in [1.54, 1.807) is 18.4 Å². The maximum absolute atomic E-state index is 13.4. The summed E-state index contributed by atoms with van der Waals surface area (Å²) in [6.45, 7) is 0. The number of aromatic nitrogens is 2. The molecule has 4 N–H and O–H groups in total. The first-order chi connectivity index (χ1) is 18.2. The van der Waals surface area contributed by atoms with Crippen LogP contribution in [-0.2, 0) is 10.3 Å². The van der Waals surface area contributed by atoms with Crippen LogP contribution >= 0.6 is 11.3 Å². The summed E-state index contributed by atoms with van der Waals surface area (Å²) in [4.78, 5) is 25.4. The monoisotopic (exact) mass is 537 g/mol. The summed E-state index contributed by atoms with van der Waals surface area (Å²) in [7, 11) is 1.60. The number of benzene rings is 1. The van der Waals surface area contributed by atoms with Crippen molar-refractivity contribution in [2.24, 2.45) is 11.7 Å². The molecule has 2 heterocycles. The van der Waals surface area contributed by atoms with Crippen LogP contribution in [0.2, 0.25) is 0 Å². The van der Waals surface area contributed by atoms with Crippen LogP contribution in [0.4, 0.5) is 15.0 Å². The van der Waals surface area contributed by atoms with Crippen molar-refractivity contribution < 1.29 is 19.1 Å². The Morgan fingerprint density at radius 1 is 1.13 bits per heavy atom. The van der Waals surface area contributed by atoms with Crippen molar-refractivity contribution in [1.29, 1.82) is 0 Å². The molecule has 10 heteroatoms. The number of amides is 2. The number of carbonyl (C=O) groups excluding carboxylic acids is 1. The molecule has 0 bridgehead atoms. The molecule has 2 amide bonds. The molecule has 2 aliphatic rings. The van der Waals surface area contributed by atoms with Crippen molar-refractivity contribution in [2.45, 2.75) is 62.7 Å². The highest BCUT2D eigenvalue weighted by Gasteiger charge is 2.42. The van der Waals surface area contributed by atoms with Gasteiger partial charge in [-0.2, -0.15) is 11.3 Å². The van der Waals surface area contributed by atoms with E-state index >= 15 is 0 Å². The van der Waals surface area contributed by atoms with Gasteiger partial charge in [-0.25, -0.2) is 9.18 Å². The first-order valence-corrected chi connectivity index (χ1v) is 13.9. The number of hydrogen-bond acceptors (Lipinski definition) is 6. The summed E-state index contributed by atoms with van der Waals surface area (Å²) in [6, 6.07) is 11.6. The number of nitrogens with one attached hydrogen (secondary N) is 1. The smallest absolute Gasteiger partial charge is 0.407 e. The van der Waals surface area contributed by atoms with Crippen LogP contribution in [0, 0.1) is 5.92 Å². The number of rotatable bonds is 7. The second-order valence-corrected chi connectivity index (χ2v) is 11.3. The van der Waals surface area contributed by atoms with Crippen molar-refractivity contribution >= 4 is 29.2 Å². The first-order valence-electron chi connectivity index (χ1n) is 12.9. The zero-order chi connectivity index (χ0) is 26.9. The average Bonchev–Trinajstić information content (AvgIpc) is 3.43. The molecular weight excluding hydrogens is 505 g/mol. The molecule has 0 radical (unpaired) electrons. The van der Waals surface area contributed by atoms with Gasteiger partial charge in [-0.15, -0.1) is 10.2 Å². The van der Waals surface area contributed by atoms with E-state index in [1.165, 1.54) is 4.90 Å². The lowest BCUT2D eigenvalue weighted by Crippen LogP contribution is -2.50. The Kier molecular flexibility index (Phi) is 7.45.